The highest BCUT2D eigenvalue weighted by Gasteiger charge is 2.30. The Morgan fingerprint density at radius 1 is 1.52 bits per heavy atom. The molecule has 0 aliphatic carbocycles. The quantitative estimate of drug-likeness (QED) is 0.889. The van der Waals surface area contributed by atoms with Gasteiger partial charge in [0.05, 0.1) is 6.61 Å². The van der Waals surface area contributed by atoms with Crippen LogP contribution in [-0.4, -0.2) is 54.0 Å². The van der Waals surface area contributed by atoms with Crippen LogP contribution in [0.4, 0.5) is 4.79 Å². The van der Waals surface area contributed by atoms with Crippen molar-refractivity contribution in [1.82, 2.24) is 10.2 Å². The Kier molecular flexibility index (Phi) is 4.35. The molecule has 6 heteroatoms. The average Bonchev–Trinajstić information content (AvgIpc) is 2.80. The first-order valence-corrected chi connectivity index (χ1v) is 8.09. The van der Waals surface area contributed by atoms with Gasteiger partial charge in [-0.25, -0.2) is 4.79 Å². The van der Waals surface area contributed by atoms with Crippen molar-refractivity contribution >= 4 is 6.09 Å². The first kappa shape index (κ1) is 15.9. The van der Waals surface area contributed by atoms with Crippen LogP contribution in [0.15, 0.2) is 18.2 Å². The fourth-order valence-electron chi connectivity index (χ4n) is 3.19. The Morgan fingerprint density at radius 3 is 3.13 bits per heavy atom. The Morgan fingerprint density at radius 2 is 2.35 bits per heavy atom. The fourth-order valence-corrected chi connectivity index (χ4v) is 3.19. The van der Waals surface area contributed by atoms with Crippen molar-refractivity contribution in [3.05, 3.63) is 23.8 Å². The van der Waals surface area contributed by atoms with Gasteiger partial charge in [0.1, 0.15) is 17.1 Å². The predicted octanol–water partition coefficient (Wildman–Crippen LogP) is 2.12. The van der Waals surface area contributed by atoms with Gasteiger partial charge in [0.25, 0.3) is 0 Å². The second-order valence-electron chi connectivity index (χ2n) is 6.82. The Labute approximate surface area is 136 Å². The molecule has 2 aliphatic rings. The van der Waals surface area contributed by atoms with Gasteiger partial charge in [-0.3, -0.25) is 0 Å². The number of nitrogens with zero attached hydrogens (tertiary/aromatic N) is 1. The maximum Gasteiger partial charge on any atom is 0.407 e. The molecule has 1 aromatic rings. The molecule has 1 saturated heterocycles. The fraction of sp³-hybridized carbons (Fsp3) is 0.588. The molecule has 1 fully saturated rings. The van der Waals surface area contributed by atoms with Crippen molar-refractivity contribution in [3.8, 4) is 11.5 Å². The third kappa shape index (κ3) is 3.88. The van der Waals surface area contributed by atoms with E-state index in [1.165, 1.54) is 10.5 Å². The van der Waals surface area contributed by atoms with Crippen molar-refractivity contribution < 1.29 is 19.4 Å². The summed E-state index contributed by atoms with van der Waals surface area (Å²) in [6.07, 6.45) is 0.818. The van der Waals surface area contributed by atoms with Crippen LogP contribution < -0.4 is 14.8 Å². The van der Waals surface area contributed by atoms with Crippen LogP contribution in [0.3, 0.4) is 0 Å². The Hall–Kier alpha value is -1.95. The number of carbonyl (C=O) groups is 1. The minimum atomic E-state index is -0.848. The number of carboxylic acid groups (broad SMARTS) is 1. The number of hydrogen-bond donors (Lipinski definition) is 2. The molecular weight excluding hydrogens is 296 g/mol. The molecule has 23 heavy (non-hydrogen) atoms. The number of fused-ring (bicyclic) bond motifs is 1. The van der Waals surface area contributed by atoms with Crippen LogP contribution in [0.2, 0.25) is 0 Å². The van der Waals surface area contributed by atoms with Gasteiger partial charge in [-0.15, -0.1) is 0 Å². The lowest BCUT2D eigenvalue weighted by atomic mass is 10.0. The minimum Gasteiger partial charge on any atom is -0.494 e. The highest BCUT2D eigenvalue weighted by atomic mass is 16.5. The van der Waals surface area contributed by atoms with E-state index in [0.29, 0.717) is 26.2 Å². The first-order chi connectivity index (χ1) is 10.9. The van der Waals surface area contributed by atoms with Crippen LogP contribution in [0.25, 0.3) is 0 Å². The normalized spacial score (nSPS) is 22.3. The van der Waals surface area contributed by atoms with Gasteiger partial charge in [-0.1, -0.05) is 0 Å². The standard InChI is InChI=1S/C17H24N2O4/c1-17(2)10-12-9-14(3-4-15(12)23-17)22-8-5-13-11-19(16(20)21)7-6-18-13/h3-4,9,13,18H,5-8,10-11H2,1-2H3,(H,20,21)/t13-/m1/s1. The van der Waals surface area contributed by atoms with Gasteiger partial charge in [0, 0.05) is 37.7 Å². The summed E-state index contributed by atoms with van der Waals surface area (Å²) in [6.45, 7) is 6.49. The molecule has 2 N–H and O–H groups in total. The van der Waals surface area contributed by atoms with Gasteiger partial charge in [-0.05, 0) is 38.5 Å². The van der Waals surface area contributed by atoms with Crippen molar-refractivity contribution in [3.63, 3.8) is 0 Å². The molecule has 2 aliphatic heterocycles. The van der Waals surface area contributed by atoms with E-state index in [1.807, 2.05) is 18.2 Å². The zero-order chi connectivity index (χ0) is 16.4. The van der Waals surface area contributed by atoms with E-state index in [2.05, 4.69) is 19.2 Å². The van der Waals surface area contributed by atoms with Gasteiger partial charge < -0.3 is 24.8 Å². The van der Waals surface area contributed by atoms with E-state index in [0.717, 1.165) is 24.3 Å². The van der Waals surface area contributed by atoms with Crippen LogP contribution in [0.5, 0.6) is 11.5 Å². The number of benzene rings is 1. The maximum atomic E-state index is 11.0. The van der Waals surface area contributed by atoms with Crippen molar-refractivity contribution in [2.24, 2.45) is 0 Å². The number of nitrogens with one attached hydrogen (secondary N) is 1. The Bertz CT molecular complexity index is 588. The highest BCUT2D eigenvalue weighted by Crippen LogP contribution is 2.36. The van der Waals surface area contributed by atoms with E-state index in [4.69, 9.17) is 14.6 Å². The number of ether oxygens (including phenoxy) is 2. The lowest BCUT2D eigenvalue weighted by Crippen LogP contribution is -2.52. The molecule has 126 valence electrons. The molecule has 1 atom stereocenters. The summed E-state index contributed by atoms with van der Waals surface area (Å²) in [6, 6.07) is 6.08. The molecule has 2 heterocycles. The SMILES string of the molecule is CC1(C)Cc2cc(OCC[C@@H]3CN(C(=O)O)CCN3)ccc2O1. The number of rotatable bonds is 4. The van der Waals surface area contributed by atoms with E-state index in [1.54, 1.807) is 0 Å². The largest absolute Gasteiger partial charge is 0.494 e. The topological polar surface area (TPSA) is 71.0 Å². The molecule has 3 rings (SSSR count). The lowest BCUT2D eigenvalue weighted by molar-refractivity contribution is 0.124. The van der Waals surface area contributed by atoms with Crippen molar-refractivity contribution in [2.75, 3.05) is 26.2 Å². The van der Waals surface area contributed by atoms with Gasteiger partial charge in [-0.2, -0.15) is 0 Å². The molecule has 0 aromatic heterocycles. The monoisotopic (exact) mass is 320 g/mol. The summed E-state index contributed by atoms with van der Waals surface area (Å²) in [4.78, 5) is 12.5. The number of amides is 1. The number of hydrogen-bond acceptors (Lipinski definition) is 4. The summed E-state index contributed by atoms with van der Waals surface area (Å²) in [5.74, 6) is 1.78. The molecule has 1 aromatic carbocycles. The molecule has 0 spiro atoms. The van der Waals surface area contributed by atoms with Gasteiger partial charge in [0.2, 0.25) is 0 Å². The van der Waals surface area contributed by atoms with E-state index in [9.17, 15) is 4.79 Å². The van der Waals surface area contributed by atoms with E-state index in [-0.39, 0.29) is 11.6 Å². The van der Waals surface area contributed by atoms with Gasteiger partial charge in [0.15, 0.2) is 0 Å². The minimum absolute atomic E-state index is 0.146. The third-order valence-corrected chi connectivity index (χ3v) is 4.30. The number of piperazine rings is 1. The van der Waals surface area contributed by atoms with Crippen LogP contribution in [0, 0.1) is 0 Å². The predicted molar refractivity (Wildman–Crippen MR) is 86.4 cm³/mol. The average molecular weight is 320 g/mol. The maximum absolute atomic E-state index is 11.0. The third-order valence-electron chi connectivity index (χ3n) is 4.30. The summed E-state index contributed by atoms with van der Waals surface area (Å²) < 4.78 is 11.7. The van der Waals surface area contributed by atoms with Gasteiger partial charge >= 0.3 is 6.09 Å². The molecule has 0 radical (unpaired) electrons. The second kappa shape index (κ2) is 6.28. The summed E-state index contributed by atoms with van der Waals surface area (Å²) in [5, 5.41) is 12.4. The van der Waals surface area contributed by atoms with Crippen LogP contribution in [-0.2, 0) is 6.42 Å². The molecule has 1 amide bonds. The lowest BCUT2D eigenvalue weighted by Gasteiger charge is -2.31. The molecule has 0 unspecified atom stereocenters. The summed E-state index contributed by atoms with van der Waals surface area (Å²) in [5.41, 5.74) is 1.04. The van der Waals surface area contributed by atoms with E-state index >= 15 is 0 Å². The summed E-state index contributed by atoms with van der Waals surface area (Å²) >= 11 is 0. The van der Waals surface area contributed by atoms with Crippen molar-refractivity contribution in [2.45, 2.75) is 38.3 Å². The first-order valence-electron chi connectivity index (χ1n) is 8.09. The highest BCUT2D eigenvalue weighted by molar-refractivity contribution is 5.65. The zero-order valence-electron chi connectivity index (χ0n) is 13.7. The molecular formula is C17H24N2O4. The van der Waals surface area contributed by atoms with E-state index < -0.39 is 6.09 Å². The molecule has 0 bridgehead atoms. The van der Waals surface area contributed by atoms with Crippen LogP contribution in [0.1, 0.15) is 25.8 Å². The molecule has 0 saturated carbocycles. The zero-order valence-corrected chi connectivity index (χ0v) is 13.7. The Balaban J connectivity index is 1.49. The second-order valence-corrected chi connectivity index (χ2v) is 6.82. The smallest absolute Gasteiger partial charge is 0.407 e. The summed E-state index contributed by atoms with van der Waals surface area (Å²) in [7, 11) is 0. The van der Waals surface area contributed by atoms with Crippen LogP contribution >= 0.6 is 0 Å². The molecule has 6 nitrogen and oxygen atoms in total. The van der Waals surface area contributed by atoms with Crippen molar-refractivity contribution in [1.29, 1.82) is 0 Å².